The zero-order valence-electron chi connectivity index (χ0n) is 29.0. The Morgan fingerprint density at radius 2 is 2.02 bits per heavy atom. The lowest BCUT2D eigenvalue weighted by Crippen LogP contribution is -2.27. The van der Waals surface area contributed by atoms with E-state index in [0.717, 1.165) is 70.4 Å². The number of aryl methyl sites for hydroxylation is 2. The SMILES string of the molecule is CCc1c(F)ccc2cc(O)cc(C3Cc4nc(OC)nc(N5CCCn6nc(C(=O)NC)c(Cl)c6C5)c4CS3)c12.F/C=C1/CC2CCCN2C1. The van der Waals surface area contributed by atoms with E-state index in [0.29, 0.717) is 54.9 Å². The molecule has 4 aromatic rings. The second kappa shape index (κ2) is 15.0. The molecule has 0 spiro atoms. The lowest BCUT2D eigenvalue weighted by atomic mass is 9.93. The summed E-state index contributed by atoms with van der Waals surface area (Å²) in [5.41, 5.74) is 5.39. The van der Waals surface area contributed by atoms with Crippen molar-refractivity contribution in [3.05, 3.63) is 80.8 Å². The Kier molecular flexibility index (Phi) is 10.4. The van der Waals surface area contributed by atoms with Gasteiger partial charge in [-0.3, -0.25) is 14.4 Å². The third-order valence-corrected chi connectivity index (χ3v) is 12.0. The summed E-state index contributed by atoms with van der Waals surface area (Å²) < 4.78 is 34.2. The molecule has 2 aromatic heterocycles. The highest BCUT2D eigenvalue weighted by atomic mass is 35.5. The normalized spacial score (nSPS) is 20.7. The number of benzene rings is 2. The lowest BCUT2D eigenvalue weighted by molar-refractivity contribution is 0.0957. The highest BCUT2D eigenvalue weighted by Gasteiger charge is 2.33. The van der Waals surface area contributed by atoms with E-state index >= 15 is 0 Å². The summed E-state index contributed by atoms with van der Waals surface area (Å²) in [5.74, 6) is 0.989. The Morgan fingerprint density at radius 1 is 1.18 bits per heavy atom. The van der Waals surface area contributed by atoms with Crippen molar-refractivity contribution in [2.24, 2.45) is 0 Å². The highest BCUT2D eigenvalue weighted by molar-refractivity contribution is 7.98. The molecule has 2 fully saturated rings. The average Bonchev–Trinajstić information content (AvgIpc) is 3.79. The molecule has 8 rings (SSSR count). The predicted octanol–water partition coefficient (Wildman–Crippen LogP) is 6.90. The molecule has 2 N–H and O–H groups in total. The van der Waals surface area contributed by atoms with Gasteiger partial charge in [-0.05, 0) is 84.3 Å². The Balaban J connectivity index is 0.000000347. The molecule has 4 aliphatic heterocycles. The van der Waals surface area contributed by atoms with Crippen LogP contribution in [-0.4, -0.2) is 75.5 Å². The first-order valence-corrected chi connectivity index (χ1v) is 18.9. The number of methoxy groups -OCH3 is 1. The number of rotatable bonds is 5. The van der Waals surface area contributed by atoms with Crippen molar-refractivity contribution in [1.29, 1.82) is 0 Å². The number of aromatic hydroxyl groups is 1. The van der Waals surface area contributed by atoms with E-state index in [4.69, 9.17) is 26.3 Å². The van der Waals surface area contributed by atoms with Crippen LogP contribution in [0.15, 0.2) is 36.2 Å². The van der Waals surface area contributed by atoms with Gasteiger partial charge in [-0.2, -0.15) is 15.1 Å². The Labute approximate surface area is 305 Å². The van der Waals surface area contributed by atoms with E-state index in [9.17, 15) is 18.7 Å². The van der Waals surface area contributed by atoms with Gasteiger partial charge in [0.15, 0.2) is 5.69 Å². The van der Waals surface area contributed by atoms with Gasteiger partial charge < -0.3 is 20.1 Å². The fraction of sp³-hybridized carbons (Fsp3) is 0.459. The van der Waals surface area contributed by atoms with Crippen LogP contribution in [-0.2, 0) is 31.7 Å². The van der Waals surface area contributed by atoms with Crippen LogP contribution in [0.2, 0.25) is 5.02 Å². The number of nitrogens with one attached hydrogen (secondary N) is 1. The largest absolute Gasteiger partial charge is 0.508 e. The number of anilines is 1. The first kappa shape index (κ1) is 35.5. The summed E-state index contributed by atoms with van der Waals surface area (Å²) in [5, 5.41) is 19.6. The quantitative estimate of drug-likeness (QED) is 0.226. The third kappa shape index (κ3) is 6.87. The maximum atomic E-state index is 14.8. The number of thioether (sulfide) groups is 1. The molecule has 4 aliphatic rings. The van der Waals surface area contributed by atoms with E-state index in [2.05, 4.69) is 20.2 Å². The summed E-state index contributed by atoms with van der Waals surface area (Å²) in [6.45, 7) is 5.79. The number of nitrogens with zero attached hydrogens (tertiary/aromatic N) is 6. The van der Waals surface area contributed by atoms with Crippen LogP contribution in [0.3, 0.4) is 0 Å². The van der Waals surface area contributed by atoms with Crippen molar-refractivity contribution in [3.63, 3.8) is 0 Å². The molecule has 0 saturated carbocycles. The minimum absolute atomic E-state index is 0.0493. The number of ether oxygens (including phenoxy) is 1. The van der Waals surface area contributed by atoms with Gasteiger partial charge in [0.1, 0.15) is 17.4 Å². The maximum absolute atomic E-state index is 14.8. The summed E-state index contributed by atoms with van der Waals surface area (Å²) in [6, 6.07) is 7.58. The van der Waals surface area contributed by atoms with E-state index in [1.807, 2.05) is 6.92 Å². The maximum Gasteiger partial charge on any atom is 0.318 e. The number of carbonyl (C=O) groups is 1. The van der Waals surface area contributed by atoms with Gasteiger partial charge in [-0.15, -0.1) is 11.8 Å². The van der Waals surface area contributed by atoms with Gasteiger partial charge >= 0.3 is 6.01 Å². The van der Waals surface area contributed by atoms with Crippen LogP contribution in [0.25, 0.3) is 10.8 Å². The topological polar surface area (TPSA) is 109 Å². The van der Waals surface area contributed by atoms with Crippen molar-refractivity contribution < 1.29 is 23.4 Å². The zero-order chi connectivity index (χ0) is 35.8. The van der Waals surface area contributed by atoms with Gasteiger partial charge in [-0.1, -0.05) is 24.6 Å². The summed E-state index contributed by atoms with van der Waals surface area (Å²) in [6.07, 6.45) is 6.26. The van der Waals surface area contributed by atoms with Gasteiger partial charge in [0.05, 0.1) is 36.4 Å². The Morgan fingerprint density at radius 3 is 2.76 bits per heavy atom. The number of phenols is 1. The number of carbonyl (C=O) groups excluding carboxylic acids is 1. The average molecular weight is 738 g/mol. The minimum Gasteiger partial charge on any atom is -0.508 e. The molecule has 51 heavy (non-hydrogen) atoms. The summed E-state index contributed by atoms with van der Waals surface area (Å²) in [7, 11) is 3.10. The van der Waals surface area contributed by atoms with Gasteiger partial charge in [-0.25, -0.2) is 8.78 Å². The first-order valence-electron chi connectivity index (χ1n) is 17.5. The van der Waals surface area contributed by atoms with Crippen molar-refractivity contribution in [1.82, 2.24) is 30.0 Å². The molecule has 10 nitrogen and oxygen atoms in total. The smallest absolute Gasteiger partial charge is 0.318 e. The number of amides is 1. The highest BCUT2D eigenvalue weighted by Crippen LogP contribution is 2.47. The second-order valence-corrected chi connectivity index (χ2v) is 15.0. The second-order valence-electron chi connectivity index (χ2n) is 13.4. The Bertz CT molecular complexity index is 1990. The molecule has 2 aromatic carbocycles. The molecule has 270 valence electrons. The molecule has 2 saturated heterocycles. The molecule has 0 bridgehead atoms. The number of halogens is 3. The molecule has 2 unspecified atom stereocenters. The molecular formula is C37H42ClF2N7O3S. The summed E-state index contributed by atoms with van der Waals surface area (Å²) in [4.78, 5) is 26.4. The predicted molar refractivity (Wildman–Crippen MR) is 196 cm³/mol. The van der Waals surface area contributed by atoms with Crippen molar-refractivity contribution in [3.8, 4) is 11.8 Å². The third-order valence-electron chi connectivity index (χ3n) is 10.4. The molecular weight excluding hydrogens is 696 g/mol. The van der Waals surface area contributed by atoms with E-state index in [1.165, 1.54) is 25.5 Å². The first-order chi connectivity index (χ1) is 24.7. The van der Waals surface area contributed by atoms with Crippen LogP contribution < -0.4 is 15.0 Å². The van der Waals surface area contributed by atoms with Crippen molar-refractivity contribution in [2.45, 2.75) is 75.6 Å². The van der Waals surface area contributed by atoms with Crippen molar-refractivity contribution in [2.75, 3.05) is 38.7 Å². The standard InChI is InChI=1S/C29H30ClFN6O3S.C8H12FN/c1-4-17-20(31)7-6-15-10-16(38)11-18(24(15)17)23-12-21-19(14-41-23)27(34-29(33-21)40-3)36-8-5-9-37-22(13-36)25(30)26(35-37)28(39)32-2;9-5-7-4-8-2-1-3-10(8)6-7/h6-7,10-11,23,38H,4-5,8-9,12-14H2,1-3H3,(H,32,39);5,8H,1-4,6H2/b;7-5-. The number of phenolic OH excluding ortho intramolecular Hbond substituents is 1. The van der Waals surface area contributed by atoms with Crippen molar-refractivity contribution >= 4 is 45.9 Å². The number of aromatic nitrogens is 4. The zero-order valence-corrected chi connectivity index (χ0v) is 30.6. The van der Waals surface area contributed by atoms with E-state index in [-0.39, 0.29) is 34.4 Å². The molecule has 6 heterocycles. The monoisotopic (exact) mass is 737 g/mol. The lowest BCUT2D eigenvalue weighted by Gasteiger charge is -2.30. The molecule has 14 heteroatoms. The fourth-order valence-electron chi connectivity index (χ4n) is 7.88. The molecule has 0 radical (unpaired) electrons. The molecule has 2 atom stereocenters. The fourth-order valence-corrected chi connectivity index (χ4v) is 9.47. The number of fused-ring (bicyclic) bond motifs is 4. The van der Waals surface area contributed by atoms with Crippen LogP contribution in [0.5, 0.6) is 11.8 Å². The van der Waals surface area contributed by atoms with Crippen LogP contribution in [0, 0.1) is 5.82 Å². The molecule has 0 aliphatic carbocycles. The van der Waals surface area contributed by atoms with Gasteiger partial charge in [0, 0.05) is 55.7 Å². The Hall–Kier alpha value is -3.94. The van der Waals surface area contributed by atoms with Crippen LogP contribution in [0.4, 0.5) is 14.6 Å². The van der Waals surface area contributed by atoms with E-state index in [1.54, 1.807) is 48.8 Å². The number of hydrogen-bond acceptors (Lipinski definition) is 9. The van der Waals surface area contributed by atoms with E-state index < -0.39 is 0 Å². The van der Waals surface area contributed by atoms with Gasteiger partial charge in [0.2, 0.25) is 0 Å². The number of hydrogen-bond donors (Lipinski definition) is 2. The molecule has 1 amide bonds. The van der Waals surface area contributed by atoms with Crippen LogP contribution in [0.1, 0.15) is 76.4 Å². The summed E-state index contributed by atoms with van der Waals surface area (Å²) >= 11 is 8.37. The van der Waals surface area contributed by atoms with Gasteiger partial charge in [0.25, 0.3) is 5.91 Å². The van der Waals surface area contributed by atoms with Crippen LogP contribution >= 0.6 is 23.4 Å². The minimum atomic E-state index is -0.323.